The number of benzene rings is 5. The number of hydrazone groups is 2. The number of aryl methyl sites for hydroxylation is 4. The van der Waals surface area contributed by atoms with E-state index in [1.165, 1.54) is 77.9 Å². The van der Waals surface area contributed by atoms with Crippen LogP contribution in [0.15, 0.2) is 95.1 Å². The number of nitrogens with zero attached hydrogens (tertiary/aromatic N) is 8. The molecule has 0 saturated heterocycles. The molecular weight excluding hydrogens is 1500 g/mol. The Kier molecular flexibility index (Phi) is 30.1. The van der Waals surface area contributed by atoms with Gasteiger partial charge < -0.3 is 28.4 Å². The summed E-state index contributed by atoms with van der Waals surface area (Å²) in [6.07, 6.45) is -6.45. The van der Waals surface area contributed by atoms with E-state index in [4.69, 9.17) is 74.8 Å². The number of rotatable bonds is 26. The molecule has 10 amide bonds. The second kappa shape index (κ2) is 36.4. The predicted octanol–water partition coefficient (Wildman–Crippen LogP) is 20.3. The van der Waals surface area contributed by atoms with Gasteiger partial charge in [-0.15, -0.1) is 0 Å². The largest absolute Gasteiger partial charge is 0.443 e. The molecule has 594 valence electrons. The van der Waals surface area contributed by atoms with Crippen LogP contribution in [-0.4, -0.2) is 117 Å². The Bertz CT molecular complexity index is 4240. The molecule has 26 nitrogen and oxygen atoms in total. The molecule has 0 heterocycles. The van der Waals surface area contributed by atoms with Crippen molar-refractivity contribution in [1.29, 1.82) is 0 Å². The summed E-state index contributed by atoms with van der Waals surface area (Å²) in [4.78, 5) is 181. The van der Waals surface area contributed by atoms with Gasteiger partial charge in [-0.25, -0.2) is 48.4 Å². The average molecular weight is 1600 g/mol. The summed E-state index contributed by atoms with van der Waals surface area (Å²) in [6, 6.07) is 18.2. The van der Waals surface area contributed by atoms with E-state index in [9.17, 15) is 28.8 Å². The first-order chi connectivity index (χ1) is 50.8. The van der Waals surface area contributed by atoms with Crippen molar-refractivity contribution in [3.8, 4) is 0 Å². The molecular formula is C80H98Cl4N8O18. The molecule has 0 N–H and O–H groups in total. The van der Waals surface area contributed by atoms with E-state index in [-0.39, 0.29) is 90.8 Å². The summed E-state index contributed by atoms with van der Waals surface area (Å²) in [6.45, 7) is 36.8. The van der Waals surface area contributed by atoms with Crippen molar-refractivity contribution >= 4 is 164 Å². The van der Waals surface area contributed by atoms with Crippen LogP contribution in [0.4, 0.5) is 62.9 Å². The van der Waals surface area contributed by atoms with Gasteiger partial charge in [0.15, 0.2) is 23.0 Å². The third-order valence-corrected chi connectivity index (χ3v) is 19.4. The monoisotopic (exact) mass is 1600 g/mol. The molecule has 0 aromatic heterocycles. The zero-order valence-electron chi connectivity index (χ0n) is 66.8. The van der Waals surface area contributed by atoms with Gasteiger partial charge in [0.05, 0.1) is 44.2 Å². The maximum atomic E-state index is 15.8. The van der Waals surface area contributed by atoms with Crippen LogP contribution in [-0.2, 0) is 47.6 Å². The number of ether oxygens (including phenoxy) is 6. The van der Waals surface area contributed by atoms with Crippen molar-refractivity contribution in [2.45, 2.75) is 238 Å². The fraction of sp³-hybridized carbons (Fsp3) is 0.450. The number of anilines is 6. The van der Waals surface area contributed by atoms with Gasteiger partial charge >= 0.3 is 36.6 Å². The van der Waals surface area contributed by atoms with E-state index >= 15 is 28.8 Å². The highest BCUT2D eigenvalue weighted by molar-refractivity contribution is 6.70. The molecule has 0 aliphatic heterocycles. The van der Waals surface area contributed by atoms with Crippen molar-refractivity contribution in [3.05, 3.63) is 138 Å². The molecule has 0 unspecified atom stereocenters. The second-order valence-corrected chi connectivity index (χ2v) is 31.4. The Morgan fingerprint density at radius 1 is 0.318 bits per heavy atom. The van der Waals surface area contributed by atoms with Crippen molar-refractivity contribution in [2.24, 2.45) is 10.2 Å². The number of ketones is 2. The van der Waals surface area contributed by atoms with Gasteiger partial charge in [-0.1, -0.05) is 100 Å². The number of carbonyl (C=O) groups excluding carboxylic acids is 12. The normalized spacial score (nSPS) is 12.2. The van der Waals surface area contributed by atoms with Gasteiger partial charge in [0.25, 0.3) is 23.6 Å². The van der Waals surface area contributed by atoms with Crippen LogP contribution in [0.1, 0.15) is 220 Å². The van der Waals surface area contributed by atoms with E-state index in [0.717, 1.165) is 47.9 Å². The van der Waals surface area contributed by atoms with Crippen LogP contribution in [0, 0.1) is 27.7 Å². The maximum Gasteiger partial charge on any atom is 0.435 e. The van der Waals surface area contributed by atoms with Crippen molar-refractivity contribution in [2.75, 3.05) is 29.6 Å². The smallest absolute Gasteiger partial charge is 0.435 e. The Hall–Kier alpha value is -9.76. The molecule has 0 aliphatic rings. The van der Waals surface area contributed by atoms with Gasteiger partial charge in [-0.05, 0) is 244 Å². The first-order valence-electron chi connectivity index (χ1n) is 35.6. The zero-order valence-corrected chi connectivity index (χ0v) is 69.8. The summed E-state index contributed by atoms with van der Waals surface area (Å²) in [5.41, 5.74) is -11.6. The van der Waals surface area contributed by atoms with E-state index in [1.54, 1.807) is 135 Å². The van der Waals surface area contributed by atoms with Gasteiger partial charge in [-0.2, -0.15) is 20.2 Å². The molecule has 30 heteroatoms. The number of halogens is 4. The minimum atomic E-state index is -1.55. The molecule has 0 atom stereocenters. The molecule has 0 saturated carbocycles. The molecule has 110 heavy (non-hydrogen) atoms. The predicted molar refractivity (Wildman–Crippen MR) is 426 cm³/mol. The van der Waals surface area contributed by atoms with Crippen LogP contribution < -0.4 is 29.6 Å². The third kappa shape index (κ3) is 22.7. The highest BCUT2D eigenvalue weighted by Gasteiger charge is 2.43. The molecule has 5 aromatic rings. The Balaban J connectivity index is 1.85. The zero-order chi connectivity index (χ0) is 83.6. The van der Waals surface area contributed by atoms with E-state index < -0.39 is 128 Å². The number of hydrogen-bond donors (Lipinski definition) is 0. The van der Waals surface area contributed by atoms with E-state index in [2.05, 4.69) is 10.2 Å². The van der Waals surface area contributed by atoms with Gasteiger partial charge in [-0.3, -0.25) is 28.8 Å². The minimum absolute atomic E-state index is 0.0249. The summed E-state index contributed by atoms with van der Waals surface area (Å²) in [5.74, 6) is -7.52. The first kappa shape index (κ1) is 90.9. The maximum absolute atomic E-state index is 15.8. The molecule has 0 spiro atoms. The van der Waals surface area contributed by atoms with Crippen LogP contribution in [0.2, 0.25) is 20.1 Å². The summed E-state index contributed by atoms with van der Waals surface area (Å²) in [5, 5.41) is 9.17. The van der Waals surface area contributed by atoms with Crippen molar-refractivity contribution in [1.82, 2.24) is 0 Å². The molecule has 0 fully saturated rings. The number of Topliss-reactive ketones (excluding diaryl/α,β-unsaturated/α-hetero) is 2. The molecule has 5 aromatic carbocycles. The topological polar surface area (TPSA) is 304 Å². The number of amides is 10. The van der Waals surface area contributed by atoms with Crippen LogP contribution in [0.3, 0.4) is 0 Å². The SMILES string of the molecule is CCC(C)(C)OC(=O)N(N=C(C(C)=O)C(=O)N(C(=O)OC(C)(C)CC)c1cc(C)c(N(C(=O)OC(C)(C)CC)C(=O)C(=NN(C(=O)OC(C)(C)CC)c2cc(C(=O)N(C(=O)OC(C)(C)CC)c3cc(Cl)ccc3C)ccc2Cl)C(C)=O)cc1C)c1cc(C(=O)N(C(=O)OC(C)(C)CC)c2cc(Cl)ccc2C)ccc1Cl. The van der Waals surface area contributed by atoms with Gasteiger partial charge in [0, 0.05) is 35.0 Å². The van der Waals surface area contributed by atoms with Crippen LogP contribution in [0.5, 0.6) is 0 Å². The minimum Gasteiger partial charge on any atom is -0.443 e. The summed E-state index contributed by atoms with van der Waals surface area (Å²) in [7, 11) is 0. The van der Waals surface area contributed by atoms with E-state index in [0.29, 0.717) is 43.8 Å². The average Bonchev–Trinajstić information content (AvgIpc) is 0.779. The lowest BCUT2D eigenvalue weighted by Crippen LogP contribution is -2.48. The fourth-order valence-electron chi connectivity index (χ4n) is 9.40. The van der Waals surface area contributed by atoms with Gasteiger partial charge in [0.2, 0.25) is 0 Å². The number of imide groups is 4. The molecule has 0 radical (unpaired) electrons. The molecule has 0 aliphatic carbocycles. The lowest BCUT2D eigenvalue weighted by molar-refractivity contribution is -0.117. The molecule has 0 bridgehead atoms. The Morgan fingerprint density at radius 2 is 0.564 bits per heavy atom. The summed E-state index contributed by atoms with van der Waals surface area (Å²) >= 11 is 26.7. The quantitative estimate of drug-likeness (QED) is 0.0215. The van der Waals surface area contributed by atoms with E-state index in [1.807, 2.05) is 0 Å². The first-order valence-corrected chi connectivity index (χ1v) is 37.1. The Morgan fingerprint density at radius 3 is 0.818 bits per heavy atom. The third-order valence-electron chi connectivity index (χ3n) is 18.3. The second-order valence-electron chi connectivity index (χ2n) is 29.7. The highest BCUT2D eigenvalue weighted by atomic mass is 35.5. The van der Waals surface area contributed by atoms with Crippen LogP contribution >= 0.6 is 46.4 Å². The number of hydrogen-bond acceptors (Lipinski definition) is 20. The molecule has 5 rings (SSSR count). The van der Waals surface area contributed by atoms with Crippen molar-refractivity contribution in [3.63, 3.8) is 0 Å². The summed E-state index contributed by atoms with van der Waals surface area (Å²) < 4.78 is 35.4. The Labute approximate surface area is 662 Å². The fourth-order valence-corrected chi connectivity index (χ4v) is 10.1. The number of carbonyl (C=O) groups is 12. The van der Waals surface area contributed by atoms with Crippen molar-refractivity contribution < 1.29 is 86.0 Å². The van der Waals surface area contributed by atoms with Crippen LogP contribution in [0.25, 0.3) is 0 Å². The lowest BCUT2D eigenvalue weighted by atomic mass is 10.0. The lowest BCUT2D eigenvalue weighted by Gasteiger charge is -2.32. The van der Waals surface area contributed by atoms with Gasteiger partial charge in [0.1, 0.15) is 33.6 Å². The highest BCUT2D eigenvalue weighted by Crippen LogP contribution is 2.39. The standard InChI is InChI=1S/C80H98Cl4N8O18/c1-25-75(13,14)105-69(99)87(59-43-53(81)35-31-45(59)7)65(95)51-33-37-55(83)61(41-51)91(73(103)109-79(21,22)29-5)85-63(49(11)93)67(97)89(71(101)107-77(17,18)27-3)57-39-48(10)58(40-47(57)9)90(72(102)108-78(19,20)28-4)68(98)64(50(12)94)86-92(74(104)110-80(23,24)30-6)62-42-52(34-38-56(62)84)66(96)88(70(100)106-76(15,16)26-2)60-44-54(82)36-32-46(60)8/h31-44H,25-30H2,1-24H3.